The molecule has 22 heavy (non-hydrogen) atoms. The molecule has 1 atom stereocenters. The molecule has 2 heterocycles. The van der Waals surface area contributed by atoms with Crippen molar-refractivity contribution in [2.24, 2.45) is 18.4 Å². The molecular weight excluding hydrogens is 296 g/mol. The first kappa shape index (κ1) is 14.6. The Bertz CT molecular complexity index is 809. The molecule has 0 spiro atoms. The highest BCUT2D eigenvalue weighted by Crippen LogP contribution is 2.65. The first-order valence-corrected chi connectivity index (χ1v) is 6.74. The summed E-state index contributed by atoms with van der Waals surface area (Å²) in [6.45, 7) is 2.77. The van der Waals surface area contributed by atoms with Crippen LogP contribution in [0.1, 0.15) is 24.3 Å². The van der Waals surface area contributed by atoms with Gasteiger partial charge in [-0.15, -0.1) is 0 Å². The molecule has 3 rings (SSSR count). The highest BCUT2D eigenvalue weighted by molar-refractivity contribution is 6.03. The van der Waals surface area contributed by atoms with Gasteiger partial charge in [0.1, 0.15) is 5.52 Å². The fraction of sp³-hybridized carbons (Fsp3) is 0.538. The first-order valence-electron chi connectivity index (χ1n) is 6.74. The molecule has 1 saturated carbocycles. The number of nitrogens with zero attached hydrogens (tertiary/aromatic N) is 3. The molecule has 1 unspecified atom stereocenters. The third-order valence-corrected chi connectivity index (χ3v) is 4.39. The Morgan fingerprint density at radius 2 is 2.14 bits per heavy atom. The number of aromatic nitrogens is 4. The third kappa shape index (κ3) is 1.84. The van der Waals surface area contributed by atoms with Gasteiger partial charge in [0.05, 0.1) is 12.2 Å². The van der Waals surface area contributed by atoms with E-state index in [1.807, 2.05) is 0 Å². The maximum Gasteiger partial charge on any atom is 0.276 e. The fourth-order valence-corrected chi connectivity index (χ4v) is 2.69. The van der Waals surface area contributed by atoms with Crippen molar-refractivity contribution in [3.8, 4) is 0 Å². The zero-order valence-corrected chi connectivity index (χ0v) is 12.3. The van der Waals surface area contributed by atoms with E-state index in [-0.39, 0.29) is 23.3 Å². The van der Waals surface area contributed by atoms with Gasteiger partial charge in [0.25, 0.3) is 17.4 Å². The second-order valence-corrected chi connectivity index (χ2v) is 6.01. The van der Waals surface area contributed by atoms with Crippen molar-refractivity contribution in [1.82, 2.24) is 25.1 Å². The van der Waals surface area contributed by atoms with Crippen molar-refractivity contribution in [3.63, 3.8) is 0 Å². The maximum absolute atomic E-state index is 13.5. The first-order chi connectivity index (χ1) is 10.2. The molecule has 0 aromatic carbocycles. The molecule has 1 fully saturated rings. The van der Waals surface area contributed by atoms with Gasteiger partial charge in [-0.05, 0) is 0 Å². The van der Waals surface area contributed by atoms with Crippen LogP contribution >= 0.6 is 0 Å². The van der Waals surface area contributed by atoms with Gasteiger partial charge in [-0.2, -0.15) is 5.10 Å². The van der Waals surface area contributed by atoms with Gasteiger partial charge in [-0.25, -0.2) is 13.8 Å². The lowest BCUT2D eigenvalue weighted by Crippen LogP contribution is -2.28. The van der Waals surface area contributed by atoms with Gasteiger partial charge >= 0.3 is 0 Å². The second kappa shape index (κ2) is 4.34. The number of rotatable bonds is 3. The molecule has 0 aliphatic heterocycles. The number of alkyl halides is 2. The quantitative estimate of drug-likeness (QED) is 0.871. The molecule has 0 bridgehead atoms. The molecule has 118 valence electrons. The van der Waals surface area contributed by atoms with Crippen molar-refractivity contribution in [3.05, 3.63) is 22.4 Å². The Balaban J connectivity index is 1.83. The van der Waals surface area contributed by atoms with Crippen molar-refractivity contribution >= 4 is 16.9 Å². The molecule has 2 N–H and O–H groups in total. The van der Waals surface area contributed by atoms with E-state index in [1.54, 1.807) is 0 Å². The van der Waals surface area contributed by atoms with Crippen LogP contribution in [0.3, 0.4) is 0 Å². The molecule has 9 heteroatoms. The predicted molar refractivity (Wildman–Crippen MR) is 73.7 cm³/mol. The van der Waals surface area contributed by atoms with Crippen molar-refractivity contribution in [1.29, 1.82) is 0 Å². The van der Waals surface area contributed by atoms with Crippen LogP contribution in [0.2, 0.25) is 0 Å². The normalized spacial score (nSPS) is 21.8. The summed E-state index contributed by atoms with van der Waals surface area (Å²) in [6.07, 6.45) is 1.17. The number of fused-ring (bicyclic) bond motifs is 1. The van der Waals surface area contributed by atoms with Crippen LogP contribution in [0.4, 0.5) is 8.78 Å². The number of nitrogens with one attached hydrogen (secondary N) is 2. The minimum Gasteiger partial charge on any atom is -0.350 e. The van der Waals surface area contributed by atoms with Crippen LogP contribution in [0.25, 0.3) is 11.0 Å². The van der Waals surface area contributed by atoms with Gasteiger partial charge in [-0.1, -0.05) is 13.8 Å². The van der Waals surface area contributed by atoms with Crippen LogP contribution in [0, 0.1) is 11.3 Å². The summed E-state index contributed by atoms with van der Waals surface area (Å²) < 4.78 is 28.3. The van der Waals surface area contributed by atoms with E-state index < -0.39 is 28.7 Å². The van der Waals surface area contributed by atoms with E-state index in [0.717, 1.165) is 0 Å². The number of carbonyl (C=O) groups excluding carboxylic acids is 1. The smallest absolute Gasteiger partial charge is 0.276 e. The van der Waals surface area contributed by atoms with Crippen LogP contribution < -0.4 is 10.9 Å². The molecule has 1 aliphatic carbocycles. The Morgan fingerprint density at radius 3 is 2.73 bits per heavy atom. The van der Waals surface area contributed by atoms with Gasteiger partial charge in [-0.3, -0.25) is 14.3 Å². The van der Waals surface area contributed by atoms with Crippen molar-refractivity contribution in [2.45, 2.75) is 19.8 Å². The lowest BCUT2D eigenvalue weighted by atomic mass is 10.1. The number of carbonyl (C=O) groups is 1. The molecular formula is C13H15F2N5O2. The lowest BCUT2D eigenvalue weighted by molar-refractivity contribution is 0.0661. The van der Waals surface area contributed by atoms with Gasteiger partial charge in [0, 0.05) is 19.0 Å². The summed E-state index contributed by atoms with van der Waals surface area (Å²) in [5, 5.41) is 6.41. The number of hydrogen-bond acceptors (Lipinski definition) is 4. The highest BCUT2D eigenvalue weighted by Gasteiger charge is 2.74. The minimum atomic E-state index is -2.79. The van der Waals surface area contributed by atoms with Crippen LogP contribution in [0.15, 0.2) is 11.1 Å². The monoisotopic (exact) mass is 311 g/mol. The van der Waals surface area contributed by atoms with E-state index in [2.05, 4.69) is 20.4 Å². The lowest BCUT2D eigenvalue weighted by Gasteiger charge is -2.02. The average molecular weight is 311 g/mol. The second-order valence-electron chi connectivity index (χ2n) is 6.01. The SMILES string of the molecule is Cn1nc(C(=O)NCC2C(C)(C)C2(F)F)c2nc[nH]c(=O)c21. The van der Waals surface area contributed by atoms with E-state index in [4.69, 9.17) is 0 Å². The largest absolute Gasteiger partial charge is 0.350 e. The molecule has 2 aromatic heterocycles. The molecule has 2 aromatic rings. The summed E-state index contributed by atoms with van der Waals surface area (Å²) in [5.41, 5.74) is -1.29. The summed E-state index contributed by atoms with van der Waals surface area (Å²) in [7, 11) is 1.51. The van der Waals surface area contributed by atoms with Gasteiger partial charge in [0.15, 0.2) is 11.2 Å². The molecule has 7 nitrogen and oxygen atoms in total. The van der Waals surface area contributed by atoms with Crippen molar-refractivity contribution in [2.75, 3.05) is 6.54 Å². The van der Waals surface area contributed by atoms with Crippen LogP contribution in [-0.4, -0.2) is 38.1 Å². The van der Waals surface area contributed by atoms with E-state index in [0.29, 0.717) is 0 Å². The summed E-state index contributed by atoms with van der Waals surface area (Å²) in [6, 6.07) is 0. The van der Waals surface area contributed by atoms with E-state index in [9.17, 15) is 18.4 Å². The average Bonchev–Trinajstić information content (AvgIpc) is 2.71. The number of amides is 1. The number of halogens is 2. The number of hydrogen-bond donors (Lipinski definition) is 2. The fourth-order valence-electron chi connectivity index (χ4n) is 2.69. The number of aryl methyl sites for hydroxylation is 1. The van der Waals surface area contributed by atoms with Crippen LogP contribution in [0.5, 0.6) is 0 Å². The molecule has 1 aliphatic rings. The van der Waals surface area contributed by atoms with E-state index in [1.165, 1.54) is 31.9 Å². The predicted octanol–water partition coefficient (Wildman–Crippen LogP) is 0.678. The topological polar surface area (TPSA) is 92.7 Å². The van der Waals surface area contributed by atoms with Gasteiger partial charge < -0.3 is 10.3 Å². The zero-order valence-electron chi connectivity index (χ0n) is 12.3. The van der Waals surface area contributed by atoms with Crippen LogP contribution in [-0.2, 0) is 7.05 Å². The Morgan fingerprint density at radius 1 is 1.50 bits per heavy atom. The summed E-state index contributed by atoms with van der Waals surface area (Å²) in [4.78, 5) is 30.2. The zero-order chi connectivity index (χ0) is 16.3. The standard InChI is InChI=1S/C13H15F2N5O2/c1-12(2)6(13(12,14)15)4-16-10(21)8-7-9(20(3)19-8)11(22)18-5-17-7/h5-6H,4H2,1-3H3,(H,16,21)(H,17,18,22). The maximum atomic E-state index is 13.5. The molecule has 0 radical (unpaired) electrons. The van der Waals surface area contributed by atoms with E-state index >= 15 is 0 Å². The van der Waals surface area contributed by atoms with Gasteiger partial charge in [0.2, 0.25) is 0 Å². The third-order valence-electron chi connectivity index (χ3n) is 4.39. The summed E-state index contributed by atoms with van der Waals surface area (Å²) in [5.74, 6) is -4.32. The van der Waals surface area contributed by atoms with Crippen molar-refractivity contribution < 1.29 is 13.6 Å². The highest BCUT2D eigenvalue weighted by atomic mass is 19.3. The Hall–Kier alpha value is -2.32. The molecule has 1 amide bonds. The minimum absolute atomic E-state index is 0.0506. The number of aromatic amines is 1. The summed E-state index contributed by atoms with van der Waals surface area (Å²) >= 11 is 0. The Labute approximate surface area is 123 Å². The molecule has 0 saturated heterocycles. The Kier molecular flexibility index (Phi) is 2.88. The number of H-pyrrole nitrogens is 1.